The third-order valence-electron chi connectivity index (χ3n) is 5.97. The van der Waals surface area contributed by atoms with Crippen LogP contribution in [0.25, 0.3) is 10.9 Å². The van der Waals surface area contributed by atoms with E-state index in [0.29, 0.717) is 16.5 Å². The minimum absolute atomic E-state index is 0.188. The number of pyridine rings is 1. The second-order valence-electron chi connectivity index (χ2n) is 8.94. The number of ether oxygens (including phenoxy) is 1. The number of carbonyl (C=O) groups excluding carboxylic acids is 1. The van der Waals surface area contributed by atoms with Crippen LogP contribution in [0.3, 0.4) is 0 Å². The first-order chi connectivity index (χ1) is 13.8. The third-order valence-corrected chi connectivity index (χ3v) is 6.22. The maximum Gasteiger partial charge on any atom is 0.339 e. The van der Waals surface area contributed by atoms with Gasteiger partial charge in [-0.25, -0.2) is 4.79 Å². The van der Waals surface area contributed by atoms with Gasteiger partial charge in [0.25, 0.3) is 0 Å². The zero-order chi connectivity index (χ0) is 20.6. The maximum absolute atomic E-state index is 13.3. The van der Waals surface area contributed by atoms with Crippen LogP contribution in [-0.2, 0) is 24.2 Å². The van der Waals surface area contributed by atoms with Crippen molar-refractivity contribution in [2.75, 3.05) is 0 Å². The summed E-state index contributed by atoms with van der Waals surface area (Å²) in [5, 5.41) is 1.55. The standard InChI is InChI=1S/C25H26ClNO2/c1-25(2,3)17-10-13-22-20(14-17)23(19-6-4-5-7-21(19)27-22)24(28)29-15-16-8-11-18(26)12-9-16/h4-9,11-12,17H,10,13-15H2,1-3H3. The highest BCUT2D eigenvalue weighted by atomic mass is 35.5. The van der Waals surface area contributed by atoms with E-state index in [1.807, 2.05) is 48.5 Å². The zero-order valence-corrected chi connectivity index (χ0v) is 17.9. The average molecular weight is 408 g/mol. The van der Waals surface area contributed by atoms with E-state index in [1.54, 1.807) is 0 Å². The molecular formula is C25H26ClNO2. The van der Waals surface area contributed by atoms with Crippen LogP contribution in [0.5, 0.6) is 0 Å². The smallest absolute Gasteiger partial charge is 0.339 e. The fraction of sp³-hybridized carbons (Fsp3) is 0.360. The zero-order valence-electron chi connectivity index (χ0n) is 17.2. The molecule has 0 fully saturated rings. The second kappa shape index (κ2) is 7.79. The normalized spacial score (nSPS) is 16.5. The Balaban J connectivity index is 1.71. The molecule has 0 aliphatic heterocycles. The lowest BCUT2D eigenvalue weighted by Gasteiger charge is -2.35. The van der Waals surface area contributed by atoms with E-state index < -0.39 is 0 Å². The van der Waals surface area contributed by atoms with Crippen LogP contribution in [0, 0.1) is 11.3 Å². The number of benzene rings is 2. The van der Waals surface area contributed by atoms with E-state index in [0.717, 1.165) is 47.0 Å². The number of hydrogen-bond donors (Lipinski definition) is 0. The maximum atomic E-state index is 13.3. The highest BCUT2D eigenvalue weighted by Crippen LogP contribution is 2.39. The highest BCUT2D eigenvalue weighted by Gasteiger charge is 2.33. The Labute approximate surface area is 177 Å². The molecule has 29 heavy (non-hydrogen) atoms. The van der Waals surface area contributed by atoms with Crippen LogP contribution in [0.15, 0.2) is 48.5 Å². The lowest BCUT2D eigenvalue weighted by Crippen LogP contribution is -2.29. The second-order valence-corrected chi connectivity index (χ2v) is 9.37. The van der Waals surface area contributed by atoms with Gasteiger partial charge in [0, 0.05) is 16.1 Å². The largest absolute Gasteiger partial charge is 0.457 e. The summed E-state index contributed by atoms with van der Waals surface area (Å²) in [4.78, 5) is 18.1. The number of aryl methyl sites for hydroxylation is 1. The van der Waals surface area contributed by atoms with Crippen LogP contribution in [0.2, 0.25) is 5.02 Å². The van der Waals surface area contributed by atoms with Gasteiger partial charge in [0.15, 0.2) is 0 Å². The first-order valence-electron chi connectivity index (χ1n) is 10.1. The van der Waals surface area contributed by atoms with Gasteiger partial charge in [0.1, 0.15) is 6.61 Å². The van der Waals surface area contributed by atoms with Crippen LogP contribution < -0.4 is 0 Å². The summed E-state index contributed by atoms with van der Waals surface area (Å²) in [6.07, 6.45) is 2.86. The van der Waals surface area contributed by atoms with E-state index >= 15 is 0 Å². The molecule has 4 heteroatoms. The molecule has 0 amide bonds. The molecule has 0 saturated carbocycles. The van der Waals surface area contributed by atoms with Crippen LogP contribution in [0.4, 0.5) is 0 Å². The first kappa shape index (κ1) is 19.9. The minimum atomic E-state index is -0.274. The van der Waals surface area contributed by atoms with Crippen molar-refractivity contribution in [3.63, 3.8) is 0 Å². The number of aromatic nitrogens is 1. The van der Waals surface area contributed by atoms with Gasteiger partial charge in [-0.15, -0.1) is 0 Å². The fourth-order valence-corrected chi connectivity index (χ4v) is 4.29. The molecule has 1 aromatic heterocycles. The summed E-state index contributed by atoms with van der Waals surface area (Å²) in [7, 11) is 0. The quantitative estimate of drug-likeness (QED) is 0.472. The number of carbonyl (C=O) groups is 1. The van der Waals surface area contributed by atoms with Gasteiger partial charge < -0.3 is 4.74 Å². The van der Waals surface area contributed by atoms with E-state index in [-0.39, 0.29) is 18.0 Å². The molecule has 2 aromatic carbocycles. The van der Waals surface area contributed by atoms with Crippen molar-refractivity contribution in [2.45, 2.75) is 46.6 Å². The SMILES string of the molecule is CC(C)(C)C1CCc2nc3ccccc3c(C(=O)OCc3ccc(Cl)cc3)c2C1. The van der Waals surface area contributed by atoms with Gasteiger partial charge in [-0.05, 0) is 59.9 Å². The lowest BCUT2D eigenvalue weighted by molar-refractivity contribution is 0.0472. The molecule has 0 spiro atoms. The van der Waals surface area contributed by atoms with Gasteiger partial charge in [-0.3, -0.25) is 4.98 Å². The predicted molar refractivity (Wildman–Crippen MR) is 117 cm³/mol. The summed E-state index contributed by atoms with van der Waals surface area (Å²) >= 11 is 5.95. The topological polar surface area (TPSA) is 39.2 Å². The number of hydrogen-bond acceptors (Lipinski definition) is 3. The monoisotopic (exact) mass is 407 g/mol. The summed E-state index contributed by atoms with van der Waals surface area (Å²) in [5.41, 5.74) is 4.77. The molecular weight excluding hydrogens is 382 g/mol. The molecule has 4 rings (SSSR count). The average Bonchev–Trinajstić information content (AvgIpc) is 2.70. The van der Waals surface area contributed by atoms with Gasteiger partial charge in [0.2, 0.25) is 0 Å². The predicted octanol–water partition coefficient (Wildman–Crippen LogP) is 6.40. The van der Waals surface area contributed by atoms with Crippen LogP contribution in [0.1, 0.15) is 54.4 Å². The summed E-state index contributed by atoms with van der Waals surface area (Å²) < 4.78 is 5.74. The molecule has 0 bridgehead atoms. The molecule has 0 saturated heterocycles. The summed E-state index contributed by atoms with van der Waals surface area (Å²) in [6.45, 7) is 7.05. The Morgan fingerprint density at radius 3 is 2.59 bits per heavy atom. The minimum Gasteiger partial charge on any atom is -0.457 e. The van der Waals surface area contributed by atoms with Gasteiger partial charge in [0.05, 0.1) is 11.1 Å². The van der Waals surface area contributed by atoms with Crippen molar-refractivity contribution >= 4 is 28.5 Å². The molecule has 150 valence electrons. The lowest BCUT2D eigenvalue weighted by atomic mass is 9.70. The third kappa shape index (κ3) is 4.16. The van der Waals surface area contributed by atoms with E-state index in [9.17, 15) is 4.79 Å². The molecule has 0 N–H and O–H groups in total. The Bertz CT molecular complexity index is 1050. The molecule has 1 heterocycles. The van der Waals surface area contributed by atoms with Crippen molar-refractivity contribution in [1.82, 2.24) is 4.98 Å². The molecule has 3 nitrogen and oxygen atoms in total. The fourth-order valence-electron chi connectivity index (χ4n) is 4.16. The number of halogens is 1. The van der Waals surface area contributed by atoms with Crippen molar-refractivity contribution in [2.24, 2.45) is 11.3 Å². The summed E-state index contributed by atoms with van der Waals surface area (Å²) in [5.74, 6) is 0.241. The van der Waals surface area contributed by atoms with Gasteiger partial charge in [-0.1, -0.05) is 62.7 Å². The molecule has 1 aliphatic rings. The highest BCUT2D eigenvalue weighted by molar-refractivity contribution is 6.30. The Morgan fingerprint density at radius 2 is 1.86 bits per heavy atom. The Hall–Kier alpha value is -2.39. The van der Waals surface area contributed by atoms with E-state index in [1.165, 1.54) is 0 Å². The Kier molecular flexibility index (Phi) is 5.35. The first-order valence-corrected chi connectivity index (χ1v) is 10.5. The molecule has 1 atom stereocenters. The number of fused-ring (bicyclic) bond motifs is 2. The number of nitrogens with zero attached hydrogens (tertiary/aromatic N) is 1. The van der Waals surface area contributed by atoms with E-state index in [4.69, 9.17) is 21.3 Å². The number of para-hydroxylation sites is 1. The van der Waals surface area contributed by atoms with Crippen LogP contribution in [-0.4, -0.2) is 11.0 Å². The molecule has 1 unspecified atom stereocenters. The number of esters is 1. The molecule has 0 radical (unpaired) electrons. The van der Waals surface area contributed by atoms with Crippen LogP contribution >= 0.6 is 11.6 Å². The van der Waals surface area contributed by atoms with Crippen molar-refractivity contribution in [3.05, 3.63) is 75.9 Å². The van der Waals surface area contributed by atoms with E-state index in [2.05, 4.69) is 20.8 Å². The van der Waals surface area contributed by atoms with Crippen molar-refractivity contribution < 1.29 is 9.53 Å². The van der Waals surface area contributed by atoms with Gasteiger partial charge >= 0.3 is 5.97 Å². The van der Waals surface area contributed by atoms with Crippen molar-refractivity contribution in [1.29, 1.82) is 0 Å². The van der Waals surface area contributed by atoms with Gasteiger partial charge in [-0.2, -0.15) is 0 Å². The molecule has 1 aliphatic carbocycles. The Morgan fingerprint density at radius 1 is 1.14 bits per heavy atom. The summed E-state index contributed by atoms with van der Waals surface area (Å²) in [6, 6.07) is 15.2. The molecule has 3 aromatic rings. The van der Waals surface area contributed by atoms with Crippen molar-refractivity contribution in [3.8, 4) is 0 Å². The number of rotatable bonds is 3.